The maximum absolute atomic E-state index is 13.0. The number of hydrogen-bond acceptors (Lipinski definition) is 1. The zero-order valence-corrected chi connectivity index (χ0v) is 9.38. The van der Waals surface area contributed by atoms with Crippen LogP contribution < -0.4 is 0 Å². The minimum Gasteiger partial charge on any atom is -0.477 e. The number of fused-ring (bicyclic) bond motifs is 1. The van der Waals surface area contributed by atoms with Crippen molar-refractivity contribution in [1.82, 2.24) is 4.57 Å². The molecule has 78 valence electrons. The van der Waals surface area contributed by atoms with Gasteiger partial charge in [-0.25, -0.2) is 9.18 Å². The van der Waals surface area contributed by atoms with Gasteiger partial charge in [-0.3, -0.25) is 0 Å². The van der Waals surface area contributed by atoms with E-state index in [2.05, 4.69) is 15.9 Å². The van der Waals surface area contributed by atoms with Crippen LogP contribution in [0.5, 0.6) is 0 Å². The largest absolute Gasteiger partial charge is 0.477 e. The van der Waals surface area contributed by atoms with Crippen LogP contribution >= 0.6 is 15.9 Å². The zero-order valence-electron chi connectivity index (χ0n) is 7.79. The molecule has 0 saturated heterocycles. The molecule has 1 aromatic carbocycles. The Bertz CT molecular complexity index is 562. The molecule has 2 rings (SSSR count). The number of aromatic carboxylic acids is 1. The van der Waals surface area contributed by atoms with E-state index in [1.165, 1.54) is 16.7 Å². The van der Waals surface area contributed by atoms with Crippen LogP contribution in [0.2, 0.25) is 0 Å². The third-order valence-corrected chi connectivity index (χ3v) is 3.11. The molecular weight excluding hydrogens is 265 g/mol. The summed E-state index contributed by atoms with van der Waals surface area (Å²) in [6.07, 6.45) is 0. The first-order chi connectivity index (χ1) is 7.02. The van der Waals surface area contributed by atoms with Gasteiger partial charge in [0, 0.05) is 12.4 Å². The molecule has 1 N–H and O–H groups in total. The van der Waals surface area contributed by atoms with Crippen molar-refractivity contribution in [3.8, 4) is 0 Å². The van der Waals surface area contributed by atoms with Crippen molar-refractivity contribution in [3.63, 3.8) is 0 Å². The highest BCUT2D eigenvalue weighted by molar-refractivity contribution is 9.10. The predicted octanol–water partition coefficient (Wildman–Crippen LogP) is 2.78. The van der Waals surface area contributed by atoms with E-state index in [1.54, 1.807) is 13.1 Å². The van der Waals surface area contributed by atoms with E-state index in [9.17, 15) is 9.18 Å². The highest BCUT2D eigenvalue weighted by Crippen LogP contribution is 2.30. The molecular formula is C10H7BrFNO2. The summed E-state index contributed by atoms with van der Waals surface area (Å²) in [5, 5.41) is 9.66. The molecule has 0 aliphatic carbocycles. The van der Waals surface area contributed by atoms with E-state index in [4.69, 9.17) is 5.11 Å². The molecule has 1 heterocycles. The normalized spacial score (nSPS) is 10.9. The van der Waals surface area contributed by atoms with Gasteiger partial charge in [-0.2, -0.15) is 0 Å². The average molecular weight is 272 g/mol. The number of carboxylic acid groups (broad SMARTS) is 1. The molecule has 0 saturated carbocycles. The van der Waals surface area contributed by atoms with Crippen molar-refractivity contribution in [2.24, 2.45) is 7.05 Å². The van der Waals surface area contributed by atoms with Crippen molar-refractivity contribution in [1.29, 1.82) is 0 Å². The highest BCUT2D eigenvalue weighted by atomic mass is 79.9. The van der Waals surface area contributed by atoms with E-state index in [1.807, 2.05) is 0 Å². The number of carboxylic acids is 1. The minimum atomic E-state index is -1.04. The van der Waals surface area contributed by atoms with Crippen LogP contribution in [0.1, 0.15) is 10.5 Å². The summed E-state index contributed by atoms with van der Waals surface area (Å²) in [5.74, 6) is -1.42. The molecule has 0 unspecified atom stereocenters. The Morgan fingerprint density at radius 1 is 1.53 bits per heavy atom. The fourth-order valence-electron chi connectivity index (χ4n) is 1.60. The first kappa shape index (κ1) is 10.2. The summed E-state index contributed by atoms with van der Waals surface area (Å²) >= 11 is 3.20. The van der Waals surface area contributed by atoms with Crippen LogP contribution in [-0.4, -0.2) is 15.6 Å². The van der Waals surface area contributed by atoms with Crippen LogP contribution in [0.3, 0.4) is 0 Å². The number of carbonyl (C=O) groups is 1. The Morgan fingerprint density at radius 2 is 2.20 bits per heavy atom. The van der Waals surface area contributed by atoms with Gasteiger partial charge in [0.2, 0.25) is 0 Å². The maximum Gasteiger partial charge on any atom is 0.353 e. The molecule has 15 heavy (non-hydrogen) atoms. The first-order valence-corrected chi connectivity index (χ1v) is 4.98. The Labute approximate surface area is 93.3 Å². The van der Waals surface area contributed by atoms with Gasteiger partial charge in [0.1, 0.15) is 11.5 Å². The minimum absolute atomic E-state index is 0.121. The molecule has 3 nitrogen and oxygen atoms in total. The fraction of sp³-hybridized carbons (Fsp3) is 0.100. The molecule has 0 amide bonds. The van der Waals surface area contributed by atoms with E-state index in [0.717, 1.165) is 0 Å². The Morgan fingerprint density at radius 3 is 2.80 bits per heavy atom. The summed E-state index contributed by atoms with van der Waals surface area (Å²) in [6, 6.07) is 4.17. The van der Waals surface area contributed by atoms with Crippen molar-refractivity contribution in [2.75, 3.05) is 0 Å². The smallest absolute Gasteiger partial charge is 0.353 e. The lowest BCUT2D eigenvalue weighted by Crippen LogP contribution is -2.04. The SMILES string of the molecule is Cn1c(C(=O)O)c(Br)c2ccc(F)cc21. The molecule has 0 aliphatic rings. The van der Waals surface area contributed by atoms with Gasteiger partial charge in [0.25, 0.3) is 0 Å². The van der Waals surface area contributed by atoms with Crippen molar-refractivity contribution >= 4 is 32.8 Å². The quantitative estimate of drug-likeness (QED) is 0.867. The Balaban J connectivity index is 2.91. The van der Waals surface area contributed by atoms with Crippen LogP contribution in [0.15, 0.2) is 22.7 Å². The summed E-state index contributed by atoms with van der Waals surface area (Å²) < 4.78 is 14.9. The number of rotatable bonds is 1. The average Bonchev–Trinajstić information content (AvgIpc) is 2.39. The fourth-order valence-corrected chi connectivity index (χ4v) is 2.37. The standard InChI is InChI=1S/C10H7BrFNO2/c1-13-7-4-5(12)2-3-6(7)8(11)9(13)10(14)15/h2-4H,1H3,(H,14,15). The van der Waals surface area contributed by atoms with Gasteiger partial charge >= 0.3 is 5.97 Å². The molecule has 0 fully saturated rings. The first-order valence-electron chi connectivity index (χ1n) is 4.19. The van der Waals surface area contributed by atoms with Crippen LogP contribution in [0.25, 0.3) is 10.9 Å². The molecule has 0 aliphatic heterocycles. The second-order valence-electron chi connectivity index (χ2n) is 3.19. The van der Waals surface area contributed by atoms with E-state index >= 15 is 0 Å². The number of aryl methyl sites for hydroxylation is 1. The number of aromatic nitrogens is 1. The van der Waals surface area contributed by atoms with E-state index < -0.39 is 5.97 Å². The van der Waals surface area contributed by atoms with Crippen LogP contribution in [0, 0.1) is 5.82 Å². The lowest BCUT2D eigenvalue weighted by Gasteiger charge is -1.98. The molecule has 0 spiro atoms. The number of hydrogen-bond donors (Lipinski definition) is 1. The van der Waals surface area contributed by atoms with Gasteiger partial charge in [0.15, 0.2) is 0 Å². The second-order valence-corrected chi connectivity index (χ2v) is 3.98. The number of nitrogens with zero attached hydrogens (tertiary/aromatic N) is 1. The lowest BCUT2D eigenvalue weighted by atomic mass is 10.2. The summed E-state index contributed by atoms with van der Waals surface area (Å²) in [6.45, 7) is 0. The van der Waals surface area contributed by atoms with E-state index in [-0.39, 0.29) is 11.5 Å². The molecule has 5 heteroatoms. The maximum atomic E-state index is 13.0. The zero-order chi connectivity index (χ0) is 11.2. The summed E-state index contributed by atoms with van der Waals surface area (Å²) in [5.41, 5.74) is 0.676. The third kappa shape index (κ3) is 1.43. The van der Waals surface area contributed by atoms with Gasteiger partial charge in [-0.1, -0.05) is 0 Å². The lowest BCUT2D eigenvalue weighted by molar-refractivity contribution is 0.0686. The predicted molar refractivity (Wildman–Crippen MR) is 57.5 cm³/mol. The van der Waals surface area contributed by atoms with Gasteiger partial charge in [-0.05, 0) is 34.1 Å². The number of halogens is 2. The second kappa shape index (κ2) is 3.34. The van der Waals surface area contributed by atoms with Crippen molar-refractivity contribution in [2.45, 2.75) is 0 Å². The van der Waals surface area contributed by atoms with Crippen molar-refractivity contribution in [3.05, 3.63) is 34.2 Å². The van der Waals surface area contributed by atoms with Gasteiger partial charge < -0.3 is 9.67 Å². The van der Waals surface area contributed by atoms with Gasteiger partial charge in [-0.15, -0.1) is 0 Å². The highest BCUT2D eigenvalue weighted by Gasteiger charge is 2.18. The third-order valence-electron chi connectivity index (χ3n) is 2.30. The van der Waals surface area contributed by atoms with Crippen LogP contribution in [0.4, 0.5) is 4.39 Å². The Kier molecular flexibility index (Phi) is 2.26. The summed E-state index contributed by atoms with van der Waals surface area (Å²) in [7, 11) is 1.59. The molecule has 2 aromatic rings. The number of benzene rings is 1. The Hall–Kier alpha value is -1.36. The monoisotopic (exact) mass is 271 g/mol. The molecule has 0 radical (unpaired) electrons. The molecule has 0 atom stereocenters. The molecule has 0 bridgehead atoms. The topological polar surface area (TPSA) is 42.2 Å². The van der Waals surface area contributed by atoms with Crippen molar-refractivity contribution < 1.29 is 14.3 Å². The molecule has 1 aromatic heterocycles. The van der Waals surface area contributed by atoms with Gasteiger partial charge in [0.05, 0.1) is 9.99 Å². The summed E-state index contributed by atoms with van der Waals surface area (Å²) in [4.78, 5) is 11.0. The van der Waals surface area contributed by atoms with E-state index in [0.29, 0.717) is 15.4 Å². The van der Waals surface area contributed by atoms with Crippen LogP contribution in [-0.2, 0) is 7.05 Å².